The van der Waals surface area contributed by atoms with Crippen LogP contribution in [0.25, 0.3) is 0 Å². The van der Waals surface area contributed by atoms with Crippen molar-refractivity contribution in [1.82, 2.24) is 4.90 Å². The second kappa shape index (κ2) is 13.0. The van der Waals surface area contributed by atoms with Crippen molar-refractivity contribution < 1.29 is 43.5 Å². The first-order valence-electron chi connectivity index (χ1n) is 13.6. The molecule has 0 aromatic carbocycles. The number of carbonyl (C=O) groups excluding carboxylic acids is 3. The Kier molecular flexibility index (Phi) is 10.5. The third kappa shape index (κ3) is 6.63. The summed E-state index contributed by atoms with van der Waals surface area (Å²) < 4.78 is 21.8. The highest BCUT2D eigenvalue weighted by molar-refractivity contribution is 6.39. The molecule has 0 spiro atoms. The molecule has 216 valence electrons. The largest absolute Gasteiger partial charge is 0.457 e. The predicted octanol–water partition coefficient (Wildman–Crippen LogP) is 1.04. The topological polar surface area (TPSA) is 158 Å². The number of nitrogens with two attached hydrogens (primary N) is 1. The molecule has 0 radical (unpaired) electrons. The van der Waals surface area contributed by atoms with Gasteiger partial charge in [-0.3, -0.25) is 9.59 Å². The van der Waals surface area contributed by atoms with Crippen molar-refractivity contribution in [2.24, 2.45) is 17.6 Å². The van der Waals surface area contributed by atoms with Crippen molar-refractivity contribution >= 4 is 17.7 Å². The number of piperidine rings is 1. The molecule has 11 nitrogen and oxygen atoms in total. The lowest BCUT2D eigenvalue weighted by atomic mass is 9.84. The second-order valence-corrected chi connectivity index (χ2v) is 10.9. The molecule has 0 bridgehead atoms. The molecule has 0 aromatic heterocycles. The third-order valence-electron chi connectivity index (χ3n) is 8.33. The summed E-state index contributed by atoms with van der Waals surface area (Å²) in [6, 6.07) is -0.943. The summed E-state index contributed by atoms with van der Waals surface area (Å²) in [7, 11) is 3.04. The Hall–Kier alpha value is -1.89. The fraction of sp³-hybridized carbons (Fsp3) is 0.815. The molecule has 4 N–H and O–H groups in total. The summed E-state index contributed by atoms with van der Waals surface area (Å²) in [6.07, 6.45) is 3.22. The Morgan fingerprint density at radius 2 is 1.79 bits per heavy atom. The monoisotopic (exact) mass is 540 g/mol. The van der Waals surface area contributed by atoms with Gasteiger partial charge >= 0.3 is 5.97 Å². The number of methoxy groups -OCH3 is 2. The van der Waals surface area contributed by atoms with Crippen LogP contribution in [0.5, 0.6) is 0 Å². The van der Waals surface area contributed by atoms with Gasteiger partial charge in [0.25, 0.3) is 11.7 Å². The number of likely N-dealkylation sites (tertiary alicyclic amines) is 1. The summed E-state index contributed by atoms with van der Waals surface area (Å²) in [5.74, 6) is -5.69. The molecular formula is C27H44N2O9. The molecule has 2 saturated heterocycles. The van der Waals surface area contributed by atoms with Crippen LogP contribution in [0.2, 0.25) is 0 Å². The highest BCUT2D eigenvalue weighted by atomic mass is 16.7. The number of carbonyl (C=O) groups is 3. The third-order valence-corrected chi connectivity index (χ3v) is 8.33. The highest BCUT2D eigenvalue weighted by Crippen LogP contribution is 2.34. The molecule has 11 heteroatoms. The number of amides is 1. The summed E-state index contributed by atoms with van der Waals surface area (Å²) in [6.45, 7) is 5.42. The summed E-state index contributed by atoms with van der Waals surface area (Å²) in [5, 5.41) is 21.1. The zero-order valence-corrected chi connectivity index (χ0v) is 23.1. The molecule has 1 aliphatic carbocycles. The normalized spacial score (nSPS) is 37.4. The molecule has 3 fully saturated rings. The van der Waals surface area contributed by atoms with Crippen LogP contribution in [0.15, 0.2) is 11.6 Å². The lowest BCUT2D eigenvalue weighted by Crippen LogP contribution is -2.64. The van der Waals surface area contributed by atoms with Gasteiger partial charge in [0.05, 0.1) is 18.3 Å². The van der Waals surface area contributed by atoms with Gasteiger partial charge in [0.1, 0.15) is 18.4 Å². The molecule has 2 heterocycles. The van der Waals surface area contributed by atoms with Crippen LogP contribution in [0.4, 0.5) is 0 Å². The molecule has 9 atom stereocenters. The minimum Gasteiger partial charge on any atom is -0.457 e. The zero-order chi connectivity index (χ0) is 28.2. The van der Waals surface area contributed by atoms with Gasteiger partial charge in [-0.05, 0) is 70.3 Å². The van der Waals surface area contributed by atoms with Gasteiger partial charge in [0.2, 0.25) is 5.79 Å². The Bertz CT molecular complexity index is 896. The summed E-state index contributed by atoms with van der Waals surface area (Å²) >= 11 is 0. The lowest BCUT2D eigenvalue weighted by molar-refractivity contribution is -0.284. The Morgan fingerprint density at radius 1 is 1.11 bits per heavy atom. The van der Waals surface area contributed by atoms with Crippen LogP contribution in [0.3, 0.4) is 0 Å². The van der Waals surface area contributed by atoms with Crippen molar-refractivity contribution in [3.63, 3.8) is 0 Å². The minimum absolute atomic E-state index is 0.188. The zero-order valence-electron chi connectivity index (χ0n) is 23.1. The molecule has 3 aliphatic rings. The molecule has 38 heavy (non-hydrogen) atoms. The van der Waals surface area contributed by atoms with Gasteiger partial charge in [-0.1, -0.05) is 13.0 Å². The number of esters is 1. The van der Waals surface area contributed by atoms with Crippen molar-refractivity contribution in [2.75, 3.05) is 20.8 Å². The fourth-order valence-electron chi connectivity index (χ4n) is 5.65. The number of Topliss-reactive ketones (excluding diaryl/α,β-unsaturated/α-hetero) is 1. The van der Waals surface area contributed by atoms with E-state index in [2.05, 4.69) is 6.08 Å². The highest BCUT2D eigenvalue weighted by Gasteiger charge is 2.54. The van der Waals surface area contributed by atoms with Crippen molar-refractivity contribution in [2.45, 2.75) is 108 Å². The van der Waals surface area contributed by atoms with Crippen LogP contribution in [0, 0.1) is 11.8 Å². The Balaban J connectivity index is 1.67. The Morgan fingerprint density at radius 3 is 2.45 bits per heavy atom. The lowest BCUT2D eigenvalue weighted by Gasteiger charge is -2.43. The maximum atomic E-state index is 13.3. The van der Waals surface area contributed by atoms with E-state index in [9.17, 15) is 24.6 Å². The predicted molar refractivity (Wildman–Crippen MR) is 136 cm³/mol. The maximum Gasteiger partial charge on any atom is 0.329 e. The van der Waals surface area contributed by atoms with E-state index in [0.717, 1.165) is 12.0 Å². The van der Waals surface area contributed by atoms with E-state index in [-0.39, 0.29) is 25.0 Å². The Labute approximate surface area is 224 Å². The number of allylic oxidation sites excluding steroid dienone is 1. The fourth-order valence-corrected chi connectivity index (χ4v) is 5.65. The van der Waals surface area contributed by atoms with Crippen molar-refractivity contribution in [1.29, 1.82) is 0 Å². The van der Waals surface area contributed by atoms with Crippen LogP contribution in [0.1, 0.15) is 65.7 Å². The van der Waals surface area contributed by atoms with E-state index < -0.39 is 59.9 Å². The van der Waals surface area contributed by atoms with Gasteiger partial charge in [-0.2, -0.15) is 0 Å². The number of ketones is 1. The van der Waals surface area contributed by atoms with Gasteiger partial charge in [-0.15, -0.1) is 0 Å². The molecule has 9 unspecified atom stereocenters. The molecule has 0 aromatic rings. The first kappa shape index (κ1) is 30.6. The smallest absolute Gasteiger partial charge is 0.329 e. The van der Waals surface area contributed by atoms with E-state index in [4.69, 9.17) is 24.7 Å². The van der Waals surface area contributed by atoms with Crippen molar-refractivity contribution in [3.05, 3.63) is 11.6 Å². The van der Waals surface area contributed by atoms with Crippen LogP contribution < -0.4 is 5.73 Å². The number of nitrogens with zero attached hydrogens (tertiary/aromatic N) is 1. The number of rotatable bonds is 8. The van der Waals surface area contributed by atoms with Crippen LogP contribution in [-0.4, -0.2) is 96.0 Å². The van der Waals surface area contributed by atoms with Crippen LogP contribution >= 0.6 is 0 Å². The maximum absolute atomic E-state index is 13.3. The van der Waals surface area contributed by atoms with E-state index in [1.54, 1.807) is 21.0 Å². The second-order valence-electron chi connectivity index (χ2n) is 10.9. The van der Waals surface area contributed by atoms with E-state index in [1.165, 1.54) is 12.0 Å². The van der Waals surface area contributed by atoms with E-state index in [0.29, 0.717) is 32.1 Å². The average Bonchev–Trinajstić information content (AvgIpc) is 2.90. The quantitative estimate of drug-likeness (QED) is 0.231. The van der Waals surface area contributed by atoms with Crippen molar-refractivity contribution in [3.8, 4) is 0 Å². The number of aliphatic hydroxyl groups excluding tert-OH is 1. The number of aliphatic hydroxyl groups is 2. The number of hydrogen-bond donors (Lipinski definition) is 3. The van der Waals surface area contributed by atoms with Gasteiger partial charge < -0.3 is 39.8 Å². The van der Waals surface area contributed by atoms with Gasteiger partial charge in [0.15, 0.2) is 0 Å². The van der Waals surface area contributed by atoms with Gasteiger partial charge in [0, 0.05) is 26.7 Å². The number of hydrogen-bond acceptors (Lipinski definition) is 10. The van der Waals surface area contributed by atoms with Crippen LogP contribution in [-0.2, 0) is 33.3 Å². The molecule has 1 amide bonds. The standard InChI is InChI=1S/C27H44N2O9/c1-15(12-18-9-10-20(30)21(14-18)35-4)17(3)37-26(33)19-8-6-7-11-29(19)25(32)23(31)27(34)16(2)13-22(36-5)24(28)38-27/h12,16-22,24,30,34H,6-11,13-14,28H2,1-5H3/b15-12+. The van der Waals surface area contributed by atoms with E-state index in [1.807, 2.05) is 6.92 Å². The molecule has 3 rings (SSSR count). The minimum atomic E-state index is -2.41. The van der Waals surface area contributed by atoms with E-state index >= 15 is 0 Å². The first-order valence-corrected chi connectivity index (χ1v) is 13.6. The number of ether oxygens (including phenoxy) is 4. The molecule has 2 aliphatic heterocycles. The summed E-state index contributed by atoms with van der Waals surface area (Å²) in [4.78, 5) is 40.9. The SMILES string of the molecule is COC1CC(/C=C(\C)C(C)OC(=O)C2CCCCN2C(=O)C(=O)C2(O)OC(N)C(OC)CC2C)CCC1O. The summed E-state index contributed by atoms with van der Waals surface area (Å²) in [5.41, 5.74) is 6.77. The van der Waals surface area contributed by atoms with Gasteiger partial charge in [-0.25, -0.2) is 4.79 Å². The molecular weight excluding hydrogens is 496 g/mol. The molecule has 1 saturated carbocycles. The first-order chi connectivity index (χ1) is 17.9. The average molecular weight is 541 g/mol.